The molecule has 0 unspecified atom stereocenters. The first-order valence-electron chi connectivity index (χ1n) is 8.72. The zero-order valence-electron chi connectivity index (χ0n) is 14.1. The second-order valence-electron chi connectivity index (χ2n) is 6.91. The summed E-state index contributed by atoms with van der Waals surface area (Å²) in [6, 6.07) is 12.5. The van der Waals surface area contributed by atoms with Gasteiger partial charge in [-0.1, -0.05) is 12.1 Å². The molecule has 2 saturated heterocycles. The number of aromatic nitrogens is 1. The highest BCUT2D eigenvalue weighted by atomic mass is 16.2. The molecule has 3 heterocycles. The lowest BCUT2D eigenvalue weighted by molar-refractivity contribution is -0.114. The summed E-state index contributed by atoms with van der Waals surface area (Å²) in [6.45, 7) is 1.48. The average molecular weight is 338 g/mol. The second kappa shape index (κ2) is 6.37. The molecule has 6 nitrogen and oxygen atoms in total. The highest BCUT2D eigenvalue weighted by Gasteiger charge is 2.39. The monoisotopic (exact) mass is 338 g/mol. The zero-order chi connectivity index (χ0) is 17.4. The molecular weight excluding hydrogens is 316 g/mol. The Morgan fingerprint density at radius 1 is 1.08 bits per heavy atom. The summed E-state index contributed by atoms with van der Waals surface area (Å²) < 4.78 is 0. The number of hydrogen-bond acceptors (Lipinski definition) is 3. The molecule has 2 amide bonds. The minimum absolute atomic E-state index is 0.0551. The molecule has 0 radical (unpaired) electrons. The van der Waals surface area contributed by atoms with Gasteiger partial charge in [0.15, 0.2) is 0 Å². The first-order valence-corrected chi connectivity index (χ1v) is 8.72. The number of H-pyrrole nitrogens is 1. The van der Waals surface area contributed by atoms with Gasteiger partial charge in [0.25, 0.3) is 5.91 Å². The molecule has 4 rings (SSSR count). The number of benzene rings is 1. The molecule has 6 heteroatoms. The fourth-order valence-corrected chi connectivity index (χ4v) is 3.86. The molecule has 25 heavy (non-hydrogen) atoms. The van der Waals surface area contributed by atoms with Crippen LogP contribution in [0.3, 0.4) is 0 Å². The van der Waals surface area contributed by atoms with E-state index >= 15 is 0 Å². The molecule has 1 aromatic carbocycles. The largest absolute Gasteiger partial charge is 0.351 e. The molecule has 0 aliphatic carbocycles. The first kappa shape index (κ1) is 15.9. The number of rotatable bonds is 4. The molecule has 2 aliphatic rings. The third-order valence-corrected chi connectivity index (χ3v) is 5.06. The summed E-state index contributed by atoms with van der Waals surface area (Å²) in [4.78, 5) is 26.7. The lowest BCUT2D eigenvalue weighted by Crippen LogP contribution is -2.43. The fraction of sp³-hybridized carbons (Fsp3) is 0.368. The van der Waals surface area contributed by atoms with Gasteiger partial charge in [-0.3, -0.25) is 9.59 Å². The summed E-state index contributed by atoms with van der Waals surface area (Å²) in [5.74, 6) is -0.151. The number of carbonyl (C=O) groups excluding carboxylic acids is 2. The van der Waals surface area contributed by atoms with Crippen LogP contribution in [0.25, 0.3) is 11.3 Å². The predicted molar refractivity (Wildman–Crippen MR) is 96.3 cm³/mol. The van der Waals surface area contributed by atoms with Crippen molar-refractivity contribution < 1.29 is 9.59 Å². The molecular formula is C19H22N4O2. The van der Waals surface area contributed by atoms with Gasteiger partial charge < -0.3 is 20.9 Å². The highest BCUT2D eigenvalue weighted by Crippen LogP contribution is 2.28. The van der Waals surface area contributed by atoms with Crippen LogP contribution in [0.15, 0.2) is 36.4 Å². The van der Waals surface area contributed by atoms with E-state index in [0.29, 0.717) is 17.8 Å². The maximum Gasteiger partial charge on any atom is 0.267 e. The third-order valence-electron chi connectivity index (χ3n) is 5.06. The van der Waals surface area contributed by atoms with Crippen molar-refractivity contribution in [2.75, 3.05) is 5.32 Å². The van der Waals surface area contributed by atoms with Gasteiger partial charge in [0, 0.05) is 36.4 Å². The Bertz CT molecular complexity index is 796. The van der Waals surface area contributed by atoms with Crippen molar-refractivity contribution in [3.8, 4) is 11.3 Å². The molecule has 1 aromatic heterocycles. The van der Waals surface area contributed by atoms with E-state index in [0.717, 1.165) is 29.8 Å². The highest BCUT2D eigenvalue weighted by molar-refractivity contribution is 5.94. The van der Waals surface area contributed by atoms with E-state index in [4.69, 9.17) is 0 Å². The molecule has 2 fully saturated rings. The van der Waals surface area contributed by atoms with E-state index in [1.54, 1.807) is 0 Å². The van der Waals surface area contributed by atoms with Crippen LogP contribution in [-0.4, -0.2) is 34.9 Å². The molecule has 2 bridgehead atoms. The summed E-state index contributed by atoms with van der Waals surface area (Å²) in [5.41, 5.74) is 3.17. The van der Waals surface area contributed by atoms with Gasteiger partial charge in [-0.15, -0.1) is 0 Å². The minimum Gasteiger partial charge on any atom is -0.351 e. The van der Waals surface area contributed by atoms with Crippen molar-refractivity contribution in [2.24, 2.45) is 0 Å². The lowest BCUT2D eigenvalue weighted by Gasteiger charge is -2.21. The fourth-order valence-electron chi connectivity index (χ4n) is 3.86. The Hall–Kier alpha value is -2.60. The number of amides is 2. The van der Waals surface area contributed by atoms with Gasteiger partial charge in [-0.25, -0.2) is 0 Å². The molecule has 130 valence electrons. The van der Waals surface area contributed by atoms with Crippen LogP contribution >= 0.6 is 0 Å². The van der Waals surface area contributed by atoms with Crippen LogP contribution in [0.4, 0.5) is 5.69 Å². The SMILES string of the molecule is CC(=O)Nc1ccc(-c2ccc(C(=O)N[C@@H]3C[C@H]4CC[C@@H]3N4)[nH]2)cc1. The van der Waals surface area contributed by atoms with Gasteiger partial charge in [-0.05, 0) is 49.1 Å². The molecule has 0 saturated carbocycles. The normalized spacial score (nSPS) is 24.3. The van der Waals surface area contributed by atoms with E-state index in [1.165, 1.54) is 13.3 Å². The predicted octanol–water partition coefficient (Wildman–Crippen LogP) is 2.26. The Labute approximate surface area is 146 Å². The van der Waals surface area contributed by atoms with E-state index < -0.39 is 0 Å². The second-order valence-corrected chi connectivity index (χ2v) is 6.91. The van der Waals surface area contributed by atoms with Crippen molar-refractivity contribution in [1.82, 2.24) is 15.6 Å². The molecule has 0 spiro atoms. The van der Waals surface area contributed by atoms with Crippen LogP contribution in [-0.2, 0) is 4.79 Å². The van der Waals surface area contributed by atoms with Crippen LogP contribution in [0.2, 0.25) is 0 Å². The standard InChI is InChI=1S/C19H22N4O2/c1-11(24)20-13-4-2-12(3-5-13)15-8-9-17(22-15)19(25)23-18-10-14-6-7-16(18)21-14/h2-5,8-9,14,16,18,21-22H,6-7,10H2,1H3,(H,20,24)(H,23,25)/t14-,16+,18-/m1/s1. The van der Waals surface area contributed by atoms with Crippen molar-refractivity contribution >= 4 is 17.5 Å². The number of anilines is 1. The molecule has 2 aliphatic heterocycles. The van der Waals surface area contributed by atoms with Gasteiger partial charge in [0.2, 0.25) is 5.91 Å². The van der Waals surface area contributed by atoms with Crippen molar-refractivity contribution in [2.45, 2.75) is 44.3 Å². The number of aromatic amines is 1. The van der Waals surface area contributed by atoms with Crippen LogP contribution in [0.1, 0.15) is 36.7 Å². The van der Waals surface area contributed by atoms with Crippen LogP contribution in [0, 0.1) is 0 Å². The number of nitrogens with one attached hydrogen (secondary N) is 4. The van der Waals surface area contributed by atoms with Gasteiger partial charge >= 0.3 is 0 Å². The van der Waals surface area contributed by atoms with Crippen molar-refractivity contribution in [3.63, 3.8) is 0 Å². The maximum absolute atomic E-state index is 12.5. The number of hydrogen-bond donors (Lipinski definition) is 4. The zero-order valence-corrected chi connectivity index (χ0v) is 14.1. The summed E-state index contributed by atoms with van der Waals surface area (Å²) in [7, 11) is 0. The topological polar surface area (TPSA) is 86.0 Å². The van der Waals surface area contributed by atoms with Crippen molar-refractivity contribution in [1.29, 1.82) is 0 Å². The van der Waals surface area contributed by atoms with E-state index in [9.17, 15) is 9.59 Å². The minimum atomic E-state index is -0.0957. The van der Waals surface area contributed by atoms with E-state index in [1.807, 2.05) is 36.4 Å². The Balaban J connectivity index is 1.42. The lowest BCUT2D eigenvalue weighted by atomic mass is 9.95. The Kier molecular flexibility index (Phi) is 4.05. The Morgan fingerprint density at radius 2 is 1.88 bits per heavy atom. The summed E-state index contributed by atoms with van der Waals surface area (Å²) in [5, 5.41) is 9.41. The van der Waals surface area contributed by atoms with E-state index in [2.05, 4.69) is 20.9 Å². The third kappa shape index (κ3) is 3.30. The summed E-state index contributed by atoms with van der Waals surface area (Å²) in [6.07, 6.45) is 3.39. The first-order chi connectivity index (χ1) is 12.1. The average Bonchev–Trinajstić information content (AvgIpc) is 3.31. The quantitative estimate of drug-likeness (QED) is 0.690. The smallest absolute Gasteiger partial charge is 0.267 e. The van der Waals surface area contributed by atoms with Gasteiger partial charge in [-0.2, -0.15) is 0 Å². The summed E-state index contributed by atoms with van der Waals surface area (Å²) >= 11 is 0. The van der Waals surface area contributed by atoms with Crippen LogP contribution in [0.5, 0.6) is 0 Å². The van der Waals surface area contributed by atoms with Gasteiger partial charge in [0.05, 0.1) is 0 Å². The molecule has 4 N–H and O–H groups in total. The number of fused-ring (bicyclic) bond motifs is 2. The van der Waals surface area contributed by atoms with Crippen molar-refractivity contribution in [3.05, 3.63) is 42.1 Å². The maximum atomic E-state index is 12.5. The molecule has 3 atom stereocenters. The number of carbonyl (C=O) groups is 2. The Morgan fingerprint density at radius 3 is 2.52 bits per heavy atom. The van der Waals surface area contributed by atoms with Crippen LogP contribution < -0.4 is 16.0 Å². The molecule has 2 aromatic rings. The van der Waals surface area contributed by atoms with E-state index in [-0.39, 0.29) is 17.9 Å². The van der Waals surface area contributed by atoms with Gasteiger partial charge in [0.1, 0.15) is 5.69 Å².